The van der Waals surface area contributed by atoms with Gasteiger partial charge >= 0.3 is 48.7 Å². The van der Waals surface area contributed by atoms with Crippen molar-refractivity contribution >= 4 is 26.1 Å². The molecule has 0 aliphatic carbocycles. The van der Waals surface area contributed by atoms with Gasteiger partial charge in [-0.15, -0.1) is 0 Å². The number of H-pyrrole nitrogens is 1. The molecule has 0 bridgehead atoms. The van der Waals surface area contributed by atoms with Crippen molar-refractivity contribution in [1.29, 1.82) is 0 Å². The molecule has 6 heavy (non-hydrogen) atoms. The Balaban J connectivity index is 3.05. The SMILES string of the molecule is [Sn][c]1cn[nH]c1. The van der Waals surface area contributed by atoms with Crippen molar-refractivity contribution in [1.82, 2.24) is 10.2 Å². The third-order valence-corrected chi connectivity index (χ3v) is 1.28. The summed E-state index contributed by atoms with van der Waals surface area (Å²) in [5.74, 6) is 0. The van der Waals surface area contributed by atoms with Crippen molar-refractivity contribution in [3.05, 3.63) is 12.4 Å². The van der Waals surface area contributed by atoms with E-state index in [-0.39, 0.29) is 0 Å². The fraction of sp³-hybridized carbons (Fsp3) is 0. The first kappa shape index (κ1) is 4.18. The molecule has 1 N–H and O–H groups in total. The number of aromatic amines is 1. The molecule has 0 spiro atoms. The summed E-state index contributed by atoms with van der Waals surface area (Å²) >= 11 is 1.41. The molecule has 0 saturated heterocycles. The van der Waals surface area contributed by atoms with Gasteiger partial charge in [-0.05, 0) is 0 Å². The summed E-state index contributed by atoms with van der Waals surface area (Å²) in [6.07, 6.45) is 3.70. The van der Waals surface area contributed by atoms with Gasteiger partial charge in [-0.25, -0.2) is 0 Å². The van der Waals surface area contributed by atoms with E-state index in [1.165, 1.54) is 26.1 Å². The van der Waals surface area contributed by atoms with Crippen molar-refractivity contribution in [2.45, 2.75) is 0 Å². The van der Waals surface area contributed by atoms with Gasteiger partial charge in [0.25, 0.3) is 0 Å². The molecule has 0 aliphatic heterocycles. The van der Waals surface area contributed by atoms with Gasteiger partial charge in [0.2, 0.25) is 0 Å². The predicted octanol–water partition coefficient (Wildman–Crippen LogP) is -0.797. The number of rotatable bonds is 0. The topological polar surface area (TPSA) is 28.7 Å². The summed E-state index contributed by atoms with van der Waals surface area (Å²) in [6, 6.07) is 0. The van der Waals surface area contributed by atoms with Crippen LogP contribution in [0, 0.1) is 0 Å². The van der Waals surface area contributed by atoms with E-state index in [0.29, 0.717) is 0 Å². The summed E-state index contributed by atoms with van der Waals surface area (Å²) in [4.78, 5) is 0. The molecule has 29 valence electrons. The molecule has 1 rings (SSSR count). The first-order valence-corrected chi connectivity index (χ1v) is 3.02. The number of aromatic nitrogens is 2. The molecule has 0 atom stereocenters. The minimum absolute atomic E-state index is 1.27. The molecule has 1 aromatic heterocycles. The average molecular weight is 186 g/mol. The van der Waals surface area contributed by atoms with Gasteiger partial charge in [0.05, 0.1) is 0 Å². The van der Waals surface area contributed by atoms with E-state index < -0.39 is 0 Å². The van der Waals surface area contributed by atoms with E-state index >= 15 is 0 Å². The van der Waals surface area contributed by atoms with Gasteiger partial charge in [0, 0.05) is 0 Å². The zero-order valence-corrected chi connectivity index (χ0v) is 5.96. The molecule has 2 nitrogen and oxygen atoms in total. The standard InChI is InChI=1S/C3H3N2.Sn/c1-2-4-5-3-1;/h2-3H,(H,4,5);. The van der Waals surface area contributed by atoms with Crippen LogP contribution in [0.5, 0.6) is 0 Å². The Morgan fingerprint density at radius 3 is 2.83 bits per heavy atom. The van der Waals surface area contributed by atoms with Crippen LogP contribution in [0.1, 0.15) is 0 Å². The van der Waals surface area contributed by atoms with Gasteiger partial charge in [0.1, 0.15) is 0 Å². The molecule has 1 heterocycles. The maximum absolute atomic E-state index is 3.72. The van der Waals surface area contributed by atoms with Crippen LogP contribution in [0.3, 0.4) is 0 Å². The average Bonchev–Trinajstić information content (AvgIpc) is 1.86. The van der Waals surface area contributed by atoms with Gasteiger partial charge in [-0.3, -0.25) is 0 Å². The Morgan fingerprint density at radius 2 is 2.67 bits per heavy atom. The van der Waals surface area contributed by atoms with Crippen molar-refractivity contribution in [2.24, 2.45) is 0 Å². The molecule has 3 radical (unpaired) electrons. The summed E-state index contributed by atoms with van der Waals surface area (Å²) in [5, 5.41) is 6.42. The van der Waals surface area contributed by atoms with Gasteiger partial charge in [0.15, 0.2) is 0 Å². The predicted molar refractivity (Wildman–Crippen MR) is 24.0 cm³/mol. The van der Waals surface area contributed by atoms with Crippen LogP contribution in [0.15, 0.2) is 12.4 Å². The zero-order chi connectivity index (χ0) is 4.41. The maximum atomic E-state index is 3.72. The normalized spacial score (nSPS) is 8.83. The Morgan fingerprint density at radius 1 is 1.83 bits per heavy atom. The molecule has 0 aliphatic rings. The molecule has 3 heteroatoms. The Bertz CT molecular complexity index is 112. The molecule has 0 aromatic carbocycles. The third-order valence-electron chi connectivity index (χ3n) is 0.498. The van der Waals surface area contributed by atoms with Crippen molar-refractivity contribution in [2.75, 3.05) is 0 Å². The number of nitrogens with zero attached hydrogens (tertiary/aromatic N) is 1. The molecular formula is C3H3N2Sn. The van der Waals surface area contributed by atoms with E-state index in [0.717, 1.165) is 0 Å². The Hall–Kier alpha value is 0.00870. The summed E-state index contributed by atoms with van der Waals surface area (Å²) in [5.41, 5.74) is 0. The number of hydrogen-bond donors (Lipinski definition) is 1. The molecular weight excluding hydrogens is 183 g/mol. The Labute approximate surface area is 49.0 Å². The second kappa shape index (κ2) is 1.64. The first-order chi connectivity index (χ1) is 2.89. The fourth-order valence-electron chi connectivity index (χ4n) is 0.251. The van der Waals surface area contributed by atoms with Gasteiger partial charge in [-0.1, -0.05) is 0 Å². The van der Waals surface area contributed by atoms with Crippen LogP contribution in [-0.4, -0.2) is 32.7 Å². The van der Waals surface area contributed by atoms with Crippen molar-refractivity contribution in [3.63, 3.8) is 0 Å². The third kappa shape index (κ3) is 0.739. The van der Waals surface area contributed by atoms with Gasteiger partial charge in [-0.2, -0.15) is 0 Å². The van der Waals surface area contributed by atoms with Crippen LogP contribution in [0.2, 0.25) is 0 Å². The monoisotopic (exact) mass is 187 g/mol. The summed E-state index contributed by atoms with van der Waals surface area (Å²) in [6.45, 7) is 0. The van der Waals surface area contributed by atoms with Crippen LogP contribution in [-0.2, 0) is 0 Å². The van der Waals surface area contributed by atoms with E-state index in [1.807, 2.05) is 12.4 Å². The summed E-state index contributed by atoms with van der Waals surface area (Å²) < 4.78 is 1.27. The minimum atomic E-state index is 1.27. The molecule has 0 unspecified atom stereocenters. The quantitative estimate of drug-likeness (QED) is 0.528. The van der Waals surface area contributed by atoms with E-state index in [1.54, 1.807) is 0 Å². The van der Waals surface area contributed by atoms with Crippen molar-refractivity contribution in [3.8, 4) is 0 Å². The van der Waals surface area contributed by atoms with E-state index in [2.05, 4.69) is 10.2 Å². The molecule has 0 saturated carbocycles. The Kier molecular flexibility index (Phi) is 1.14. The fourth-order valence-corrected chi connectivity index (χ4v) is 0.619. The molecule has 0 fully saturated rings. The number of hydrogen-bond acceptors (Lipinski definition) is 1. The molecule has 1 aromatic rings. The van der Waals surface area contributed by atoms with Crippen LogP contribution in [0.4, 0.5) is 0 Å². The van der Waals surface area contributed by atoms with Crippen LogP contribution in [0.25, 0.3) is 0 Å². The van der Waals surface area contributed by atoms with E-state index in [4.69, 9.17) is 0 Å². The van der Waals surface area contributed by atoms with Crippen LogP contribution < -0.4 is 3.58 Å². The van der Waals surface area contributed by atoms with Gasteiger partial charge < -0.3 is 0 Å². The number of nitrogens with one attached hydrogen (secondary N) is 1. The second-order valence-electron chi connectivity index (χ2n) is 0.987. The molecule has 0 amide bonds. The van der Waals surface area contributed by atoms with Crippen molar-refractivity contribution < 1.29 is 0 Å². The second-order valence-corrected chi connectivity index (χ2v) is 2.63. The van der Waals surface area contributed by atoms with Crippen LogP contribution >= 0.6 is 0 Å². The summed E-state index contributed by atoms with van der Waals surface area (Å²) in [7, 11) is 0. The van der Waals surface area contributed by atoms with E-state index in [9.17, 15) is 0 Å². The first-order valence-electron chi connectivity index (χ1n) is 1.60. The zero-order valence-electron chi connectivity index (χ0n) is 3.10.